The summed E-state index contributed by atoms with van der Waals surface area (Å²) in [5.41, 5.74) is 8.98. The maximum atomic E-state index is 14.0. The van der Waals surface area contributed by atoms with E-state index in [4.69, 9.17) is 5.73 Å². The highest BCUT2D eigenvalue weighted by Crippen LogP contribution is 2.34. The number of carbonyl (C=O) groups is 1. The minimum absolute atomic E-state index is 0.450. The first-order valence-corrected chi connectivity index (χ1v) is 8.52. The van der Waals surface area contributed by atoms with Crippen LogP contribution in [0.2, 0.25) is 0 Å². The Kier molecular flexibility index (Phi) is 4.62. The number of primary amides is 1. The van der Waals surface area contributed by atoms with Crippen LogP contribution in [0.3, 0.4) is 0 Å². The van der Waals surface area contributed by atoms with E-state index in [2.05, 4.69) is 4.98 Å². The zero-order valence-electron chi connectivity index (χ0n) is 13.0. The standard InChI is InChI=1S/C19H15FN2OS/c1-24-17-11-14(12-4-6-13(7-5-12)19(21)23)8-9-15(17)16-3-2-10-22-18(16)20/h2-11H,1H3,(H2,21,23). The second-order valence-corrected chi connectivity index (χ2v) is 6.05. The molecule has 0 spiro atoms. The molecule has 5 heteroatoms. The molecule has 2 N–H and O–H groups in total. The lowest BCUT2D eigenvalue weighted by Gasteiger charge is -2.11. The molecule has 0 atom stereocenters. The molecule has 0 bridgehead atoms. The van der Waals surface area contributed by atoms with Crippen molar-refractivity contribution in [3.8, 4) is 22.3 Å². The molecule has 24 heavy (non-hydrogen) atoms. The van der Waals surface area contributed by atoms with Crippen molar-refractivity contribution < 1.29 is 9.18 Å². The quantitative estimate of drug-likeness (QED) is 0.567. The monoisotopic (exact) mass is 338 g/mol. The van der Waals surface area contributed by atoms with E-state index in [1.165, 1.54) is 6.20 Å². The summed E-state index contributed by atoms with van der Waals surface area (Å²) in [5.74, 6) is -0.930. The summed E-state index contributed by atoms with van der Waals surface area (Å²) in [6.45, 7) is 0. The van der Waals surface area contributed by atoms with Gasteiger partial charge >= 0.3 is 0 Å². The summed E-state index contributed by atoms with van der Waals surface area (Å²) < 4.78 is 14.0. The van der Waals surface area contributed by atoms with Crippen molar-refractivity contribution in [3.05, 3.63) is 72.3 Å². The Morgan fingerprint density at radius 2 is 1.75 bits per heavy atom. The molecule has 3 rings (SSSR count). The third-order valence-corrected chi connectivity index (χ3v) is 4.53. The van der Waals surface area contributed by atoms with Crippen LogP contribution in [0, 0.1) is 5.95 Å². The van der Waals surface area contributed by atoms with Gasteiger partial charge in [-0.2, -0.15) is 4.39 Å². The van der Waals surface area contributed by atoms with E-state index in [1.54, 1.807) is 36.0 Å². The zero-order valence-corrected chi connectivity index (χ0v) is 13.8. The number of hydrogen-bond acceptors (Lipinski definition) is 3. The minimum Gasteiger partial charge on any atom is -0.366 e. The fourth-order valence-corrected chi connectivity index (χ4v) is 3.15. The minimum atomic E-state index is -0.480. The summed E-state index contributed by atoms with van der Waals surface area (Å²) in [5, 5.41) is 0. The van der Waals surface area contributed by atoms with E-state index in [-0.39, 0.29) is 0 Å². The Labute approximate surface area is 143 Å². The number of nitrogens with zero attached hydrogens (tertiary/aromatic N) is 1. The molecule has 120 valence electrons. The van der Waals surface area contributed by atoms with E-state index in [0.717, 1.165) is 21.6 Å². The van der Waals surface area contributed by atoms with Crippen molar-refractivity contribution in [2.75, 3.05) is 6.26 Å². The highest BCUT2D eigenvalue weighted by Gasteiger charge is 2.11. The smallest absolute Gasteiger partial charge is 0.248 e. The summed E-state index contributed by atoms with van der Waals surface area (Å²) in [6, 6.07) is 16.4. The van der Waals surface area contributed by atoms with Crippen LogP contribution in [0.15, 0.2) is 65.7 Å². The lowest BCUT2D eigenvalue weighted by Crippen LogP contribution is -2.10. The summed E-state index contributed by atoms with van der Waals surface area (Å²) in [6.07, 6.45) is 3.39. The molecule has 0 aliphatic carbocycles. The second-order valence-electron chi connectivity index (χ2n) is 5.20. The molecule has 2 aromatic carbocycles. The van der Waals surface area contributed by atoms with E-state index < -0.39 is 11.9 Å². The van der Waals surface area contributed by atoms with Gasteiger partial charge in [0, 0.05) is 22.2 Å². The Hall–Kier alpha value is -2.66. The van der Waals surface area contributed by atoms with Gasteiger partial charge in [0.05, 0.1) is 0 Å². The zero-order chi connectivity index (χ0) is 17.1. The highest BCUT2D eigenvalue weighted by molar-refractivity contribution is 7.98. The molecule has 1 aromatic heterocycles. The van der Waals surface area contributed by atoms with Gasteiger partial charge in [-0.05, 0) is 53.3 Å². The maximum Gasteiger partial charge on any atom is 0.248 e. The number of rotatable bonds is 4. The van der Waals surface area contributed by atoms with Crippen molar-refractivity contribution in [2.45, 2.75) is 4.90 Å². The summed E-state index contributed by atoms with van der Waals surface area (Å²) in [4.78, 5) is 15.8. The van der Waals surface area contributed by atoms with Crippen molar-refractivity contribution in [1.29, 1.82) is 0 Å². The SMILES string of the molecule is CSc1cc(-c2ccc(C(N)=O)cc2)ccc1-c1cccnc1F. The number of aromatic nitrogens is 1. The first-order chi connectivity index (χ1) is 11.6. The molecule has 0 radical (unpaired) electrons. The van der Waals surface area contributed by atoms with Crippen LogP contribution < -0.4 is 5.73 Å². The summed E-state index contributed by atoms with van der Waals surface area (Å²) in [7, 11) is 0. The van der Waals surface area contributed by atoms with Crippen LogP contribution in [0.25, 0.3) is 22.3 Å². The molecule has 3 nitrogen and oxygen atoms in total. The van der Waals surface area contributed by atoms with Gasteiger partial charge in [0.1, 0.15) is 0 Å². The third-order valence-electron chi connectivity index (χ3n) is 3.75. The van der Waals surface area contributed by atoms with Crippen LogP contribution in [0.5, 0.6) is 0 Å². The van der Waals surface area contributed by atoms with Gasteiger partial charge < -0.3 is 5.73 Å². The predicted molar refractivity (Wildman–Crippen MR) is 95.4 cm³/mol. The van der Waals surface area contributed by atoms with Gasteiger partial charge in [0.15, 0.2) is 0 Å². The largest absolute Gasteiger partial charge is 0.366 e. The van der Waals surface area contributed by atoms with Crippen LogP contribution in [-0.4, -0.2) is 17.1 Å². The third kappa shape index (κ3) is 3.16. The molecule has 1 amide bonds. The fraction of sp³-hybridized carbons (Fsp3) is 0.0526. The molecule has 0 aliphatic heterocycles. The number of benzene rings is 2. The van der Waals surface area contributed by atoms with Crippen LogP contribution in [0.4, 0.5) is 4.39 Å². The Bertz CT molecular complexity index is 894. The van der Waals surface area contributed by atoms with Crippen molar-refractivity contribution in [3.63, 3.8) is 0 Å². The number of hydrogen-bond donors (Lipinski definition) is 1. The van der Waals surface area contributed by atoms with E-state index in [0.29, 0.717) is 11.1 Å². The number of carbonyl (C=O) groups excluding carboxylic acids is 1. The topological polar surface area (TPSA) is 56.0 Å². The Balaban J connectivity index is 2.03. The average molecular weight is 338 g/mol. The fourth-order valence-electron chi connectivity index (χ4n) is 2.51. The normalized spacial score (nSPS) is 10.6. The molecule has 0 aliphatic rings. The van der Waals surface area contributed by atoms with Crippen LogP contribution in [0.1, 0.15) is 10.4 Å². The molecular weight excluding hydrogens is 323 g/mol. The first kappa shape index (κ1) is 16.2. The maximum absolute atomic E-state index is 14.0. The van der Waals surface area contributed by atoms with Crippen molar-refractivity contribution in [2.24, 2.45) is 5.73 Å². The van der Waals surface area contributed by atoms with Gasteiger partial charge in [-0.25, -0.2) is 4.98 Å². The van der Waals surface area contributed by atoms with Crippen molar-refractivity contribution in [1.82, 2.24) is 4.98 Å². The molecule has 0 unspecified atom stereocenters. The molecular formula is C19H15FN2OS. The summed E-state index contributed by atoms with van der Waals surface area (Å²) >= 11 is 1.55. The second kappa shape index (κ2) is 6.84. The molecule has 0 fully saturated rings. The molecule has 0 saturated heterocycles. The lowest BCUT2D eigenvalue weighted by molar-refractivity contribution is 0.100. The van der Waals surface area contributed by atoms with E-state index >= 15 is 0 Å². The Morgan fingerprint density at radius 3 is 2.38 bits per heavy atom. The van der Waals surface area contributed by atoms with Crippen LogP contribution >= 0.6 is 11.8 Å². The average Bonchev–Trinajstić information content (AvgIpc) is 2.62. The Morgan fingerprint density at radius 1 is 1.04 bits per heavy atom. The lowest BCUT2D eigenvalue weighted by atomic mass is 10.00. The highest BCUT2D eigenvalue weighted by atomic mass is 32.2. The number of pyridine rings is 1. The van der Waals surface area contributed by atoms with Gasteiger partial charge in [-0.1, -0.05) is 24.3 Å². The number of halogens is 1. The number of nitrogens with two attached hydrogens (primary N) is 1. The van der Waals surface area contributed by atoms with Crippen LogP contribution in [-0.2, 0) is 0 Å². The van der Waals surface area contributed by atoms with Gasteiger partial charge in [0.25, 0.3) is 0 Å². The number of thioether (sulfide) groups is 1. The van der Waals surface area contributed by atoms with Gasteiger partial charge in [-0.3, -0.25) is 4.79 Å². The van der Waals surface area contributed by atoms with Crippen molar-refractivity contribution >= 4 is 17.7 Å². The molecule has 1 heterocycles. The van der Waals surface area contributed by atoms with E-state index in [1.807, 2.05) is 36.6 Å². The first-order valence-electron chi connectivity index (χ1n) is 7.29. The predicted octanol–water partition coefficient (Wildman–Crippen LogP) is 4.38. The van der Waals surface area contributed by atoms with Gasteiger partial charge in [-0.15, -0.1) is 11.8 Å². The number of amides is 1. The molecule has 3 aromatic rings. The van der Waals surface area contributed by atoms with Gasteiger partial charge in [0.2, 0.25) is 11.9 Å². The van der Waals surface area contributed by atoms with E-state index in [9.17, 15) is 9.18 Å². The molecule has 0 saturated carbocycles.